The van der Waals surface area contributed by atoms with E-state index in [4.69, 9.17) is 9.26 Å². The van der Waals surface area contributed by atoms with Crippen LogP contribution in [0.2, 0.25) is 0 Å². The van der Waals surface area contributed by atoms with Crippen molar-refractivity contribution in [2.45, 2.75) is 64.9 Å². The zero-order valence-corrected chi connectivity index (χ0v) is 17.8. The molecule has 0 saturated heterocycles. The highest BCUT2D eigenvalue weighted by atomic mass is 16.5. The van der Waals surface area contributed by atoms with Gasteiger partial charge < -0.3 is 9.26 Å². The number of nitrogens with zero attached hydrogens (tertiary/aromatic N) is 3. The first-order valence-corrected chi connectivity index (χ1v) is 10.8. The molecule has 30 heavy (non-hydrogen) atoms. The molecule has 154 valence electrons. The fourth-order valence-electron chi connectivity index (χ4n) is 4.26. The van der Waals surface area contributed by atoms with Gasteiger partial charge in [-0.05, 0) is 68.4 Å². The molecule has 0 bridgehead atoms. The van der Waals surface area contributed by atoms with Gasteiger partial charge in [0.25, 0.3) is 5.89 Å². The summed E-state index contributed by atoms with van der Waals surface area (Å²) in [6.45, 7) is 6.11. The molecule has 1 aromatic heterocycles. The second-order valence-electron chi connectivity index (χ2n) is 8.16. The number of ether oxygens (including phenoxy) is 1. The Bertz CT molecular complexity index is 1080. The Morgan fingerprint density at radius 1 is 1.27 bits per heavy atom. The molecule has 1 heterocycles. The van der Waals surface area contributed by atoms with Crippen molar-refractivity contribution in [1.29, 1.82) is 5.26 Å². The van der Waals surface area contributed by atoms with Gasteiger partial charge in [0.05, 0.1) is 11.7 Å². The van der Waals surface area contributed by atoms with Gasteiger partial charge in [0.15, 0.2) is 0 Å². The molecule has 0 aliphatic heterocycles. The molecule has 5 nitrogen and oxygen atoms in total. The molecule has 0 saturated carbocycles. The first kappa shape index (κ1) is 20.2. The Labute approximate surface area is 177 Å². The summed E-state index contributed by atoms with van der Waals surface area (Å²) in [4.78, 5) is 4.65. The van der Waals surface area contributed by atoms with Crippen LogP contribution in [0.25, 0.3) is 22.8 Å². The predicted molar refractivity (Wildman–Crippen MR) is 116 cm³/mol. The maximum atomic E-state index is 9.48. The number of aromatic nitrogens is 2. The van der Waals surface area contributed by atoms with Crippen LogP contribution in [0, 0.1) is 11.3 Å². The van der Waals surface area contributed by atoms with Crippen LogP contribution in [0.5, 0.6) is 5.75 Å². The van der Waals surface area contributed by atoms with E-state index >= 15 is 0 Å². The molecule has 1 aliphatic rings. The van der Waals surface area contributed by atoms with Crippen LogP contribution in [-0.2, 0) is 6.42 Å². The Morgan fingerprint density at radius 2 is 2.13 bits per heavy atom. The summed E-state index contributed by atoms with van der Waals surface area (Å²) in [6, 6.07) is 14.0. The van der Waals surface area contributed by atoms with Crippen LogP contribution in [0.1, 0.15) is 69.1 Å². The maximum absolute atomic E-state index is 9.48. The summed E-state index contributed by atoms with van der Waals surface area (Å²) in [5, 5.41) is 13.7. The molecular formula is C25H27N3O2. The third-order valence-electron chi connectivity index (χ3n) is 5.68. The first-order valence-electron chi connectivity index (χ1n) is 10.8. The summed E-state index contributed by atoms with van der Waals surface area (Å²) >= 11 is 0. The second-order valence-corrected chi connectivity index (χ2v) is 8.16. The Morgan fingerprint density at radius 3 is 2.90 bits per heavy atom. The Kier molecular flexibility index (Phi) is 5.85. The van der Waals surface area contributed by atoms with E-state index in [-0.39, 0.29) is 6.10 Å². The molecule has 0 amide bonds. The van der Waals surface area contributed by atoms with E-state index in [2.05, 4.69) is 41.3 Å². The highest BCUT2D eigenvalue weighted by Gasteiger charge is 2.26. The molecule has 0 radical (unpaired) electrons. The quantitative estimate of drug-likeness (QED) is 0.466. The van der Waals surface area contributed by atoms with Crippen LogP contribution >= 0.6 is 0 Å². The third kappa shape index (κ3) is 3.95. The van der Waals surface area contributed by atoms with Crippen molar-refractivity contribution in [3.8, 4) is 34.7 Å². The number of fused-ring (bicyclic) bond motifs is 1. The molecular weight excluding hydrogens is 374 g/mol. The lowest BCUT2D eigenvalue weighted by Gasteiger charge is -2.11. The van der Waals surface area contributed by atoms with Crippen molar-refractivity contribution >= 4 is 0 Å². The minimum atomic E-state index is -0.000662. The van der Waals surface area contributed by atoms with Gasteiger partial charge in [-0.3, -0.25) is 0 Å². The minimum absolute atomic E-state index is 0.000662. The summed E-state index contributed by atoms with van der Waals surface area (Å²) in [7, 11) is 0. The second kappa shape index (κ2) is 8.71. The smallest absolute Gasteiger partial charge is 0.258 e. The number of rotatable bonds is 7. The van der Waals surface area contributed by atoms with Crippen molar-refractivity contribution in [3.05, 3.63) is 53.1 Å². The van der Waals surface area contributed by atoms with E-state index in [1.807, 2.05) is 19.9 Å². The zero-order valence-electron chi connectivity index (χ0n) is 17.8. The average molecular weight is 402 g/mol. The van der Waals surface area contributed by atoms with E-state index in [0.29, 0.717) is 28.9 Å². The average Bonchev–Trinajstić information content (AvgIpc) is 3.39. The third-order valence-corrected chi connectivity index (χ3v) is 5.68. The number of benzene rings is 2. The summed E-state index contributed by atoms with van der Waals surface area (Å²) < 4.78 is 11.3. The van der Waals surface area contributed by atoms with Gasteiger partial charge in [-0.15, -0.1) is 0 Å². The van der Waals surface area contributed by atoms with Crippen LogP contribution in [0.15, 0.2) is 40.9 Å². The molecule has 0 N–H and O–H groups in total. The molecule has 2 aromatic carbocycles. The number of nitriles is 1. The van der Waals surface area contributed by atoms with Gasteiger partial charge in [0.1, 0.15) is 11.8 Å². The number of hydrogen-bond acceptors (Lipinski definition) is 5. The van der Waals surface area contributed by atoms with Crippen molar-refractivity contribution < 1.29 is 9.26 Å². The highest BCUT2D eigenvalue weighted by Crippen LogP contribution is 2.41. The monoisotopic (exact) mass is 401 g/mol. The fourth-order valence-corrected chi connectivity index (χ4v) is 4.26. The lowest BCUT2D eigenvalue weighted by atomic mass is 9.94. The topological polar surface area (TPSA) is 71.9 Å². The molecule has 5 heteroatoms. The van der Waals surface area contributed by atoms with Crippen molar-refractivity contribution in [2.75, 3.05) is 0 Å². The molecule has 4 rings (SSSR count). The molecule has 3 aromatic rings. The van der Waals surface area contributed by atoms with E-state index < -0.39 is 0 Å². The van der Waals surface area contributed by atoms with Gasteiger partial charge >= 0.3 is 0 Å². The van der Waals surface area contributed by atoms with Crippen molar-refractivity contribution in [3.63, 3.8) is 0 Å². The van der Waals surface area contributed by atoms with E-state index in [1.54, 1.807) is 12.1 Å². The summed E-state index contributed by atoms with van der Waals surface area (Å²) in [6.07, 6.45) is 5.98. The van der Waals surface area contributed by atoms with Gasteiger partial charge in [-0.2, -0.15) is 10.2 Å². The zero-order chi connectivity index (χ0) is 21.1. The van der Waals surface area contributed by atoms with Crippen LogP contribution in [-0.4, -0.2) is 16.2 Å². The van der Waals surface area contributed by atoms with Gasteiger partial charge in [0, 0.05) is 11.1 Å². The minimum Gasteiger partial charge on any atom is -0.490 e. The largest absolute Gasteiger partial charge is 0.490 e. The van der Waals surface area contributed by atoms with Gasteiger partial charge in [-0.1, -0.05) is 43.1 Å². The summed E-state index contributed by atoms with van der Waals surface area (Å²) in [5.41, 5.74) is 5.02. The van der Waals surface area contributed by atoms with Crippen LogP contribution < -0.4 is 4.74 Å². The standard InChI is InChI=1S/C25H27N3O2/c1-4-5-7-17-10-12-21-20(17)8-6-9-22(21)24-27-25(30-28-24)18-11-13-23(29-16(2)3)19(14-18)15-26/h6,8-9,11,13-14,16-17H,4-5,7,10,12H2,1-3H3/t17-/m1/s1. The number of unbranched alkanes of at least 4 members (excludes halogenated alkanes) is 1. The fraction of sp³-hybridized carbons (Fsp3) is 0.400. The molecule has 0 spiro atoms. The Balaban J connectivity index is 1.63. The van der Waals surface area contributed by atoms with Crippen molar-refractivity contribution in [2.24, 2.45) is 0 Å². The molecule has 1 atom stereocenters. The lowest BCUT2D eigenvalue weighted by Crippen LogP contribution is -2.06. The normalized spacial score (nSPS) is 15.2. The van der Waals surface area contributed by atoms with Crippen LogP contribution in [0.3, 0.4) is 0 Å². The van der Waals surface area contributed by atoms with E-state index in [1.165, 1.54) is 36.8 Å². The Hall–Kier alpha value is -3.13. The van der Waals surface area contributed by atoms with E-state index in [9.17, 15) is 5.26 Å². The maximum Gasteiger partial charge on any atom is 0.258 e. The highest BCUT2D eigenvalue weighted by molar-refractivity contribution is 5.67. The number of hydrogen-bond donors (Lipinski definition) is 0. The molecule has 1 aliphatic carbocycles. The first-order chi connectivity index (χ1) is 14.6. The SMILES string of the molecule is CCCC[C@@H]1CCc2c(-c3noc(-c4ccc(OC(C)C)c(C#N)c4)n3)cccc21. The van der Waals surface area contributed by atoms with Gasteiger partial charge in [-0.25, -0.2) is 0 Å². The van der Waals surface area contributed by atoms with Gasteiger partial charge in [0.2, 0.25) is 5.82 Å². The van der Waals surface area contributed by atoms with E-state index in [0.717, 1.165) is 17.5 Å². The lowest BCUT2D eigenvalue weighted by molar-refractivity contribution is 0.242. The summed E-state index contributed by atoms with van der Waals surface area (Å²) in [5.74, 6) is 2.22. The van der Waals surface area contributed by atoms with Crippen LogP contribution in [0.4, 0.5) is 0 Å². The predicted octanol–water partition coefficient (Wildman–Crippen LogP) is 6.28. The molecule has 0 fully saturated rings. The molecule has 0 unspecified atom stereocenters. The van der Waals surface area contributed by atoms with Crippen molar-refractivity contribution in [1.82, 2.24) is 10.1 Å².